The van der Waals surface area contributed by atoms with E-state index in [1.54, 1.807) is 30.5 Å². The second-order valence-corrected chi connectivity index (χ2v) is 6.96. The highest BCUT2D eigenvalue weighted by Gasteiger charge is 2.18. The number of carbonyl (C=O) groups excluding carboxylic acids is 1. The third kappa shape index (κ3) is 4.33. The SMILES string of the molecule is NCc1cc(F)ccc1Oc1cc(CO)ccc1NC(=O)c1cnn2ccc(Cl)nc12. The number of ether oxygens (including phenoxy) is 1. The van der Waals surface area contributed by atoms with E-state index in [9.17, 15) is 14.3 Å². The van der Waals surface area contributed by atoms with E-state index in [-0.39, 0.29) is 29.6 Å². The molecule has 0 aliphatic rings. The number of aliphatic hydroxyl groups excluding tert-OH is 1. The van der Waals surface area contributed by atoms with Crippen LogP contribution in [-0.2, 0) is 13.2 Å². The van der Waals surface area contributed by atoms with Crippen molar-refractivity contribution >= 4 is 28.8 Å². The van der Waals surface area contributed by atoms with Gasteiger partial charge < -0.3 is 20.9 Å². The molecule has 0 bridgehead atoms. The first-order chi connectivity index (χ1) is 15.0. The Morgan fingerprint density at radius 2 is 2.06 bits per heavy atom. The van der Waals surface area contributed by atoms with E-state index in [0.29, 0.717) is 28.2 Å². The molecule has 0 atom stereocenters. The van der Waals surface area contributed by atoms with E-state index in [1.807, 2.05) is 0 Å². The van der Waals surface area contributed by atoms with Crippen molar-refractivity contribution < 1.29 is 19.0 Å². The average molecular weight is 442 g/mol. The van der Waals surface area contributed by atoms with Crippen molar-refractivity contribution in [3.8, 4) is 11.5 Å². The van der Waals surface area contributed by atoms with E-state index in [2.05, 4.69) is 15.4 Å². The smallest absolute Gasteiger partial charge is 0.261 e. The summed E-state index contributed by atoms with van der Waals surface area (Å²) in [5.41, 5.74) is 7.55. The van der Waals surface area contributed by atoms with Gasteiger partial charge >= 0.3 is 0 Å². The lowest BCUT2D eigenvalue weighted by Crippen LogP contribution is -2.13. The third-order valence-electron chi connectivity index (χ3n) is 4.52. The lowest BCUT2D eigenvalue weighted by atomic mass is 10.1. The first kappa shape index (κ1) is 20.7. The Bertz CT molecular complexity index is 1280. The lowest BCUT2D eigenvalue weighted by molar-refractivity contribution is 0.102. The number of rotatable bonds is 6. The second-order valence-electron chi connectivity index (χ2n) is 6.58. The lowest BCUT2D eigenvalue weighted by Gasteiger charge is -2.15. The molecule has 4 rings (SSSR count). The fraction of sp³-hybridized carbons (Fsp3) is 0.0952. The van der Waals surface area contributed by atoms with Gasteiger partial charge in [0, 0.05) is 18.3 Å². The van der Waals surface area contributed by atoms with Gasteiger partial charge in [-0.1, -0.05) is 17.7 Å². The van der Waals surface area contributed by atoms with Crippen LogP contribution in [0.25, 0.3) is 5.65 Å². The van der Waals surface area contributed by atoms with Crippen molar-refractivity contribution in [1.29, 1.82) is 0 Å². The van der Waals surface area contributed by atoms with Crippen LogP contribution in [0.5, 0.6) is 11.5 Å². The summed E-state index contributed by atoms with van der Waals surface area (Å²) in [6.07, 6.45) is 2.97. The van der Waals surface area contributed by atoms with Gasteiger partial charge in [0.2, 0.25) is 0 Å². The number of nitrogens with two attached hydrogens (primary N) is 1. The summed E-state index contributed by atoms with van der Waals surface area (Å²) in [4.78, 5) is 17.0. The molecule has 2 aromatic carbocycles. The van der Waals surface area contributed by atoms with Gasteiger partial charge in [0.25, 0.3) is 5.91 Å². The Morgan fingerprint density at radius 1 is 1.23 bits per heavy atom. The monoisotopic (exact) mass is 441 g/mol. The predicted molar refractivity (Wildman–Crippen MR) is 113 cm³/mol. The first-order valence-corrected chi connectivity index (χ1v) is 9.57. The van der Waals surface area contributed by atoms with Crippen LogP contribution in [0.15, 0.2) is 54.9 Å². The van der Waals surface area contributed by atoms with Crippen molar-refractivity contribution in [3.63, 3.8) is 0 Å². The summed E-state index contributed by atoms with van der Waals surface area (Å²) in [6, 6.07) is 10.3. The number of hydrogen-bond donors (Lipinski definition) is 3. The summed E-state index contributed by atoms with van der Waals surface area (Å²) in [5, 5.41) is 16.6. The maximum atomic E-state index is 13.5. The van der Waals surface area contributed by atoms with Gasteiger partial charge in [-0.05, 0) is 42.0 Å². The molecule has 0 fully saturated rings. The van der Waals surface area contributed by atoms with E-state index in [1.165, 1.54) is 28.9 Å². The molecule has 10 heteroatoms. The summed E-state index contributed by atoms with van der Waals surface area (Å²) in [6.45, 7) is -0.169. The second kappa shape index (κ2) is 8.68. The Kier molecular flexibility index (Phi) is 5.81. The van der Waals surface area contributed by atoms with Crippen molar-refractivity contribution in [2.24, 2.45) is 5.73 Å². The normalized spacial score (nSPS) is 11.0. The number of fused-ring (bicyclic) bond motifs is 1. The highest BCUT2D eigenvalue weighted by molar-refractivity contribution is 6.29. The van der Waals surface area contributed by atoms with Gasteiger partial charge in [0.05, 0.1) is 18.5 Å². The molecule has 4 aromatic rings. The van der Waals surface area contributed by atoms with Gasteiger partial charge in [-0.3, -0.25) is 4.79 Å². The van der Waals surface area contributed by atoms with Crippen LogP contribution in [-0.4, -0.2) is 25.6 Å². The maximum absolute atomic E-state index is 13.5. The topological polar surface area (TPSA) is 115 Å². The van der Waals surface area contributed by atoms with E-state index in [4.69, 9.17) is 22.1 Å². The molecule has 0 saturated carbocycles. The number of carbonyl (C=O) groups is 1. The highest BCUT2D eigenvalue weighted by atomic mass is 35.5. The first-order valence-electron chi connectivity index (χ1n) is 9.20. The zero-order chi connectivity index (χ0) is 22.0. The summed E-state index contributed by atoms with van der Waals surface area (Å²) in [7, 11) is 0. The molecule has 0 aliphatic carbocycles. The zero-order valence-electron chi connectivity index (χ0n) is 16.0. The number of benzene rings is 2. The quantitative estimate of drug-likeness (QED) is 0.394. The predicted octanol–water partition coefficient (Wildman–Crippen LogP) is 3.52. The van der Waals surface area contributed by atoms with Crippen LogP contribution in [0.3, 0.4) is 0 Å². The number of aliphatic hydroxyl groups is 1. The molecule has 4 N–H and O–H groups in total. The molecule has 0 radical (unpaired) electrons. The Labute approximate surface area is 181 Å². The van der Waals surface area contributed by atoms with Crippen molar-refractivity contribution in [2.75, 3.05) is 5.32 Å². The van der Waals surface area contributed by atoms with E-state index in [0.717, 1.165) is 0 Å². The molecule has 2 heterocycles. The Morgan fingerprint density at radius 3 is 2.84 bits per heavy atom. The number of amides is 1. The van der Waals surface area contributed by atoms with E-state index >= 15 is 0 Å². The fourth-order valence-electron chi connectivity index (χ4n) is 2.98. The van der Waals surface area contributed by atoms with Gasteiger partial charge in [-0.15, -0.1) is 0 Å². The number of hydrogen-bond acceptors (Lipinski definition) is 6. The molecule has 158 valence electrons. The molecular weight excluding hydrogens is 425 g/mol. The number of nitrogens with one attached hydrogen (secondary N) is 1. The molecule has 0 aliphatic heterocycles. The molecule has 0 unspecified atom stereocenters. The van der Waals surface area contributed by atoms with Crippen LogP contribution in [0.1, 0.15) is 21.5 Å². The molecule has 2 aromatic heterocycles. The largest absolute Gasteiger partial charge is 0.455 e. The average Bonchev–Trinajstić information content (AvgIpc) is 3.19. The molecule has 31 heavy (non-hydrogen) atoms. The minimum Gasteiger partial charge on any atom is -0.455 e. The van der Waals surface area contributed by atoms with Crippen molar-refractivity contribution in [2.45, 2.75) is 13.2 Å². The Hall–Kier alpha value is -3.53. The minimum absolute atomic E-state index is 0.0588. The highest BCUT2D eigenvalue weighted by Crippen LogP contribution is 2.33. The third-order valence-corrected chi connectivity index (χ3v) is 4.73. The summed E-state index contributed by atoms with van der Waals surface area (Å²) < 4.78 is 20.9. The van der Waals surface area contributed by atoms with Crippen LogP contribution in [0.4, 0.5) is 10.1 Å². The number of halogens is 2. The minimum atomic E-state index is -0.482. The van der Waals surface area contributed by atoms with Crippen LogP contribution < -0.4 is 15.8 Å². The van der Waals surface area contributed by atoms with Gasteiger partial charge in [0.15, 0.2) is 11.4 Å². The number of aromatic nitrogens is 3. The molecular formula is C21H17ClFN5O3. The van der Waals surface area contributed by atoms with E-state index < -0.39 is 11.7 Å². The molecule has 0 saturated heterocycles. The molecule has 8 nitrogen and oxygen atoms in total. The van der Waals surface area contributed by atoms with Crippen LogP contribution in [0.2, 0.25) is 5.15 Å². The zero-order valence-corrected chi connectivity index (χ0v) is 16.8. The van der Waals surface area contributed by atoms with Gasteiger partial charge in [-0.2, -0.15) is 5.10 Å². The van der Waals surface area contributed by atoms with Crippen molar-refractivity contribution in [3.05, 3.63) is 82.5 Å². The van der Waals surface area contributed by atoms with Crippen molar-refractivity contribution in [1.82, 2.24) is 14.6 Å². The van der Waals surface area contributed by atoms with Gasteiger partial charge in [-0.25, -0.2) is 13.9 Å². The maximum Gasteiger partial charge on any atom is 0.261 e. The van der Waals surface area contributed by atoms with Crippen LogP contribution >= 0.6 is 11.6 Å². The fourth-order valence-corrected chi connectivity index (χ4v) is 3.11. The molecule has 1 amide bonds. The van der Waals surface area contributed by atoms with Crippen LogP contribution in [0, 0.1) is 5.82 Å². The Balaban J connectivity index is 1.68. The number of nitrogens with zero attached hydrogens (tertiary/aromatic N) is 3. The van der Waals surface area contributed by atoms with Gasteiger partial charge in [0.1, 0.15) is 22.3 Å². The number of anilines is 1. The molecule has 0 spiro atoms. The standard InChI is InChI=1S/C21H17ClFN5O3/c22-19-5-6-28-20(27-19)15(10-25-28)21(30)26-16-3-1-12(11-29)7-18(16)31-17-4-2-14(23)8-13(17)9-24/h1-8,10,29H,9,11,24H2,(H,26,30). The summed E-state index contributed by atoms with van der Waals surface area (Å²) in [5.74, 6) is -0.336. The summed E-state index contributed by atoms with van der Waals surface area (Å²) >= 11 is 5.94.